The fourth-order valence-corrected chi connectivity index (χ4v) is 1.40. The maximum atomic E-state index is 13.0. The van der Waals surface area contributed by atoms with Gasteiger partial charge in [0.25, 0.3) is 0 Å². The van der Waals surface area contributed by atoms with Crippen molar-refractivity contribution in [3.63, 3.8) is 0 Å². The van der Waals surface area contributed by atoms with Crippen molar-refractivity contribution >= 4 is 23.2 Å². The average molecular weight is 257 g/mol. The maximum absolute atomic E-state index is 13.0. The summed E-state index contributed by atoms with van der Waals surface area (Å²) in [6, 6.07) is 3.44. The Hall–Kier alpha value is -1.55. The first kappa shape index (κ1) is 13.5. The summed E-state index contributed by atoms with van der Waals surface area (Å²) in [5.41, 5.74) is 0.396. The summed E-state index contributed by atoms with van der Waals surface area (Å²) in [4.78, 5) is 11.5. The Morgan fingerprint density at radius 3 is 3.00 bits per heavy atom. The van der Waals surface area contributed by atoms with E-state index >= 15 is 0 Å². The zero-order chi connectivity index (χ0) is 12.8. The highest BCUT2D eigenvalue weighted by molar-refractivity contribution is 6.33. The second-order valence-corrected chi connectivity index (χ2v) is 3.93. The zero-order valence-corrected chi connectivity index (χ0v) is 10.2. The Bertz CT molecular complexity index is 423. The molecule has 3 nitrogen and oxygen atoms in total. The van der Waals surface area contributed by atoms with E-state index in [9.17, 15) is 9.18 Å². The molecule has 0 bridgehead atoms. The van der Waals surface area contributed by atoms with E-state index in [0.717, 1.165) is 0 Å². The van der Waals surface area contributed by atoms with Gasteiger partial charge >= 0.3 is 0 Å². The Morgan fingerprint density at radius 2 is 2.35 bits per heavy atom. The van der Waals surface area contributed by atoms with Crippen molar-refractivity contribution in [3.05, 3.63) is 41.7 Å². The molecule has 92 valence electrons. The lowest BCUT2D eigenvalue weighted by Gasteiger charge is -2.15. The fourth-order valence-electron chi connectivity index (χ4n) is 1.23. The number of anilines is 1. The topological polar surface area (TPSA) is 41.1 Å². The highest BCUT2D eigenvalue weighted by Crippen LogP contribution is 2.22. The quantitative estimate of drug-likeness (QED) is 0.795. The first-order chi connectivity index (χ1) is 8.04. The lowest BCUT2D eigenvalue weighted by Crippen LogP contribution is -2.37. The summed E-state index contributed by atoms with van der Waals surface area (Å²) < 4.78 is 13.0. The van der Waals surface area contributed by atoms with Crippen LogP contribution in [0, 0.1) is 5.82 Å². The molecule has 0 aliphatic heterocycles. The summed E-state index contributed by atoms with van der Waals surface area (Å²) in [5, 5.41) is 5.84. The molecule has 1 aromatic rings. The van der Waals surface area contributed by atoms with Crippen molar-refractivity contribution in [2.45, 2.75) is 13.0 Å². The second-order valence-electron chi connectivity index (χ2n) is 3.52. The molecular formula is C12H14ClFN2O. The number of hydrogen-bond donors (Lipinski definition) is 2. The number of hydrogen-bond acceptors (Lipinski definition) is 2. The minimum absolute atomic E-state index is 0.203. The van der Waals surface area contributed by atoms with Crippen LogP contribution in [0.15, 0.2) is 30.9 Å². The van der Waals surface area contributed by atoms with Gasteiger partial charge in [0.2, 0.25) is 5.91 Å². The molecule has 0 heterocycles. The minimum Gasteiger partial charge on any atom is -0.373 e. The predicted molar refractivity (Wildman–Crippen MR) is 67.7 cm³/mol. The number of benzene rings is 1. The van der Waals surface area contributed by atoms with Crippen molar-refractivity contribution in [1.29, 1.82) is 0 Å². The Balaban J connectivity index is 2.66. The van der Waals surface area contributed by atoms with Gasteiger partial charge in [-0.2, -0.15) is 0 Å². The highest BCUT2D eigenvalue weighted by Gasteiger charge is 2.13. The van der Waals surface area contributed by atoms with E-state index in [1.807, 2.05) is 0 Å². The van der Waals surface area contributed by atoms with Crippen LogP contribution in [0.2, 0.25) is 5.02 Å². The molecule has 1 aromatic carbocycles. The van der Waals surface area contributed by atoms with E-state index in [1.54, 1.807) is 13.0 Å². The third-order valence-electron chi connectivity index (χ3n) is 2.11. The largest absolute Gasteiger partial charge is 0.373 e. The molecule has 1 unspecified atom stereocenters. The van der Waals surface area contributed by atoms with E-state index in [2.05, 4.69) is 17.2 Å². The van der Waals surface area contributed by atoms with Crippen LogP contribution in [-0.4, -0.2) is 18.5 Å². The first-order valence-corrected chi connectivity index (χ1v) is 5.52. The van der Waals surface area contributed by atoms with Gasteiger partial charge in [0.05, 0.1) is 10.7 Å². The number of rotatable bonds is 5. The van der Waals surface area contributed by atoms with Gasteiger partial charge in [-0.1, -0.05) is 17.7 Å². The molecule has 1 atom stereocenters. The number of nitrogens with one attached hydrogen (secondary N) is 2. The summed E-state index contributed by atoms with van der Waals surface area (Å²) >= 11 is 5.87. The Kier molecular flexibility index (Phi) is 4.97. The molecule has 0 saturated carbocycles. The van der Waals surface area contributed by atoms with Crippen molar-refractivity contribution in [3.8, 4) is 0 Å². The molecule has 0 aliphatic carbocycles. The molecule has 0 radical (unpaired) electrons. The standard InChI is InChI=1S/C12H14ClFN2O/c1-3-6-15-12(17)8(2)16-11-7-9(14)4-5-10(11)13/h3-5,7-8,16H,1,6H2,2H3,(H,15,17). The van der Waals surface area contributed by atoms with Gasteiger partial charge in [-0.25, -0.2) is 4.39 Å². The van der Waals surface area contributed by atoms with Crippen LogP contribution in [0.5, 0.6) is 0 Å². The lowest BCUT2D eigenvalue weighted by atomic mass is 10.2. The minimum atomic E-state index is -0.505. The van der Waals surface area contributed by atoms with Crippen molar-refractivity contribution < 1.29 is 9.18 Å². The Labute approximate surface area is 105 Å². The van der Waals surface area contributed by atoms with Crippen LogP contribution in [0.1, 0.15) is 6.92 Å². The van der Waals surface area contributed by atoms with Crippen molar-refractivity contribution in [1.82, 2.24) is 5.32 Å². The third-order valence-corrected chi connectivity index (χ3v) is 2.44. The molecular weight excluding hydrogens is 243 g/mol. The van der Waals surface area contributed by atoms with Gasteiger partial charge < -0.3 is 10.6 Å². The molecule has 0 fully saturated rings. The molecule has 0 spiro atoms. The van der Waals surface area contributed by atoms with Crippen molar-refractivity contribution in [2.75, 3.05) is 11.9 Å². The zero-order valence-electron chi connectivity index (χ0n) is 9.47. The summed E-state index contributed by atoms with van der Waals surface area (Å²) in [7, 11) is 0. The number of carbonyl (C=O) groups excluding carboxylic acids is 1. The highest BCUT2D eigenvalue weighted by atomic mass is 35.5. The molecule has 5 heteroatoms. The monoisotopic (exact) mass is 256 g/mol. The lowest BCUT2D eigenvalue weighted by molar-refractivity contribution is -0.121. The molecule has 0 aromatic heterocycles. The van der Waals surface area contributed by atoms with Crippen molar-refractivity contribution in [2.24, 2.45) is 0 Å². The number of carbonyl (C=O) groups is 1. The third kappa shape index (κ3) is 4.07. The summed E-state index contributed by atoms with van der Waals surface area (Å²) in [6.07, 6.45) is 1.58. The van der Waals surface area contributed by atoms with E-state index < -0.39 is 11.9 Å². The predicted octanol–water partition coefficient (Wildman–Crippen LogP) is 2.58. The van der Waals surface area contributed by atoms with E-state index in [4.69, 9.17) is 11.6 Å². The van der Waals surface area contributed by atoms with Gasteiger partial charge in [0.15, 0.2) is 0 Å². The van der Waals surface area contributed by atoms with Crippen LogP contribution >= 0.6 is 11.6 Å². The average Bonchev–Trinajstić information content (AvgIpc) is 2.30. The molecule has 2 N–H and O–H groups in total. The van der Waals surface area contributed by atoms with Crippen LogP contribution in [0.25, 0.3) is 0 Å². The van der Waals surface area contributed by atoms with Gasteiger partial charge in [-0.05, 0) is 25.1 Å². The molecule has 1 amide bonds. The first-order valence-electron chi connectivity index (χ1n) is 5.14. The second kappa shape index (κ2) is 6.25. The normalized spacial score (nSPS) is 11.7. The van der Waals surface area contributed by atoms with Crippen LogP contribution in [-0.2, 0) is 4.79 Å². The number of halogens is 2. The van der Waals surface area contributed by atoms with Gasteiger partial charge in [0, 0.05) is 6.54 Å². The summed E-state index contributed by atoms with van der Waals surface area (Å²) in [5.74, 6) is -0.610. The molecule has 1 rings (SSSR count). The fraction of sp³-hybridized carbons (Fsp3) is 0.250. The molecule has 17 heavy (non-hydrogen) atoms. The van der Waals surface area contributed by atoms with Crippen LogP contribution in [0.3, 0.4) is 0 Å². The SMILES string of the molecule is C=CCNC(=O)C(C)Nc1cc(F)ccc1Cl. The van der Waals surface area contributed by atoms with Crippen LogP contribution < -0.4 is 10.6 Å². The Morgan fingerprint density at radius 1 is 1.65 bits per heavy atom. The maximum Gasteiger partial charge on any atom is 0.242 e. The summed E-state index contributed by atoms with van der Waals surface area (Å²) in [6.45, 7) is 5.55. The van der Waals surface area contributed by atoms with Crippen LogP contribution in [0.4, 0.5) is 10.1 Å². The van der Waals surface area contributed by atoms with Gasteiger partial charge in [-0.15, -0.1) is 6.58 Å². The van der Waals surface area contributed by atoms with Gasteiger partial charge in [-0.3, -0.25) is 4.79 Å². The molecule has 0 saturated heterocycles. The van der Waals surface area contributed by atoms with E-state index in [-0.39, 0.29) is 5.91 Å². The van der Waals surface area contributed by atoms with E-state index in [1.165, 1.54) is 18.2 Å². The van der Waals surface area contributed by atoms with E-state index in [0.29, 0.717) is 17.3 Å². The molecule has 0 aliphatic rings. The smallest absolute Gasteiger partial charge is 0.242 e. The number of amides is 1. The van der Waals surface area contributed by atoms with Gasteiger partial charge in [0.1, 0.15) is 11.9 Å².